The van der Waals surface area contributed by atoms with Gasteiger partial charge in [0.25, 0.3) is 5.91 Å². The quantitative estimate of drug-likeness (QED) is 0.731. The Labute approximate surface area is 163 Å². The highest BCUT2D eigenvalue weighted by atomic mass is 32.2. The fraction of sp³-hybridized carbons (Fsp3) is 0.250. The molecule has 1 amide bonds. The monoisotopic (exact) mass is 399 g/mol. The highest BCUT2D eigenvalue weighted by Crippen LogP contribution is 2.28. The van der Waals surface area contributed by atoms with Gasteiger partial charge in [0.05, 0.1) is 24.1 Å². The first-order chi connectivity index (χ1) is 13.4. The number of carbonyl (C=O) groups excluding carboxylic acids is 1. The van der Waals surface area contributed by atoms with E-state index in [-0.39, 0.29) is 11.7 Å². The summed E-state index contributed by atoms with van der Waals surface area (Å²) in [6.45, 7) is 0.492. The van der Waals surface area contributed by atoms with Crippen molar-refractivity contribution >= 4 is 38.2 Å². The number of hydrogen-bond acceptors (Lipinski definition) is 4. The van der Waals surface area contributed by atoms with Crippen LogP contribution in [0, 0.1) is 0 Å². The van der Waals surface area contributed by atoms with E-state index in [0.717, 1.165) is 10.9 Å². The minimum absolute atomic E-state index is 0.177. The highest BCUT2D eigenvalue weighted by molar-refractivity contribution is 7.93. The van der Waals surface area contributed by atoms with Gasteiger partial charge in [-0.1, -0.05) is 0 Å². The number of carbonyl (C=O) groups is 1. The van der Waals surface area contributed by atoms with Crippen LogP contribution in [-0.2, 0) is 17.1 Å². The van der Waals surface area contributed by atoms with Crippen molar-refractivity contribution in [1.29, 1.82) is 0 Å². The van der Waals surface area contributed by atoms with Crippen LogP contribution in [0.3, 0.4) is 0 Å². The van der Waals surface area contributed by atoms with Gasteiger partial charge in [-0.2, -0.15) is 0 Å². The summed E-state index contributed by atoms with van der Waals surface area (Å²) in [5.74, 6) is 0.625. The number of aromatic nitrogens is 1. The lowest BCUT2D eigenvalue weighted by molar-refractivity contribution is 0.102. The van der Waals surface area contributed by atoms with Crippen LogP contribution in [0.15, 0.2) is 48.7 Å². The standard InChI is InChI=1S/C20H21N3O4S/c1-22-13-18(17-12-16(27-2)8-9-19(17)22)20(24)21-14-4-6-15(7-5-14)23-10-3-11-28(23,25)26/h4-9,12-13H,3,10-11H2,1-2H3,(H,21,24). The molecule has 3 aromatic rings. The van der Waals surface area contributed by atoms with Gasteiger partial charge in [-0.05, 0) is 48.9 Å². The van der Waals surface area contributed by atoms with E-state index in [9.17, 15) is 13.2 Å². The minimum Gasteiger partial charge on any atom is -0.497 e. The van der Waals surface area contributed by atoms with Gasteiger partial charge in [0.2, 0.25) is 10.0 Å². The van der Waals surface area contributed by atoms with Crippen LogP contribution in [0.4, 0.5) is 11.4 Å². The number of methoxy groups -OCH3 is 1. The van der Waals surface area contributed by atoms with Crippen LogP contribution >= 0.6 is 0 Å². The Morgan fingerprint density at radius 1 is 1.14 bits per heavy atom. The van der Waals surface area contributed by atoms with Crippen LogP contribution < -0.4 is 14.4 Å². The number of sulfonamides is 1. The molecule has 7 nitrogen and oxygen atoms in total. The number of ether oxygens (including phenoxy) is 1. The summed E-state index contributed by atoms with van der Waals surface area (Å²) >= 11 is 0. The zero-order chi connectivity index (χ0) is 19.9. The molecular weight excluding hydrogens is 378 g/mol. The molecule has 1 N–H and O–H groups in total. The Balaban J connectivity index is 1.58. The number of nitrogens with one attached hydrogen (secondary N) is 1. The second kappa shape index (κ2) is 6.87. The normalized spacial score (nSPS) is 15.7. The van der Waals surface area contributed by atoms with E-state index in [1.54, 1.807) is 37.6 Å². The molecule has 28 heavy (non-hydrogen) atoms. The summed E-state index contributed by atoms with van der Waals surface area (Å²) in [6, 6.07) is 12.5. The third-order valence-electron chi connectivity index (χ3n) is 4.95. The zero-order valence-corrected chi connectivity index (χ0v) is 16.5. The molecule has 0 atom stereocenters. The molecule has 1 fully saturated rings. The predicted molar refractivity (Wildman–Crippen MR) is 110 cm³/mol. The van der Waals surface area contributed by atoms with Gasteiger partial charge in [0.15, 0.2) is 0 Å². The maximum atomic E-state index is 12.8. The van der Waals surface area contributed by atoms with E-state index >= 15 is 0 Å². The SMILES string of the molecule is COc1ccc2c(c1)c(C(=O)Nc1ccc(N3CCCS3(=O)=O)cc1)cn2C. The van der Waals surface area contributed by atoms with Gasteiger partial charge >= 0.3 is 0 Å². The lowest BCUT2D eigenvalue weighted by Crippen LogP contribution is -2.24. The van der Waals surface area contributed by atoms with Crippen molar-refractivity contribution in [2.75, 3.05) is 29.0 Å². The number of aryl methyl sites for hydroxylation is 1. The number of nitrogens with zero attached hydrogens (tertiary/aromatic N) is 2. The van der Waals surface area contributed by atoms with Crippen molar-refractivity contribution in [3.8, 4) is 5.75 Å². The Hall–Kier alpha value is -3.00. The van der Waals surface area contributed by atoms with Gasteiger partial charge in [0, 0.05) is 36.4 Å². The molecule has 0 unspecified atom stereocenters. The molecule has 1 aromatic heterocycles. The Morgan fingerprint density at radius 3 is 2.54 bits per heavy atom. The van der Waals surface area contributed by atoms with E-state index in [4.69, 9.17) is 4.74 Å². The summed E-state index contributed by atoms with van der Waals surface area (Å²) < 4.78 is 32.6. The number of amides is 1. The lowest BCUT2D eigenvalue weighted by Gasteiger charge is -2.17. The maximum absolute atomic E-state index is 12.8. The molecule has 0 spiro atoms. The summed E-state index contributed by atoms with van der Waals surface area (Å²) in [4.78, 5) is 12.8. The molecule has 1 aliphatic rings. The summed E-state index contributed by atoms with van der Waals surface area (Å²) in [5, 5.41) is 3.68. The van der Waals surface area contributed by atoms with Crippen LogP contribution in [0.25, 0.3) is 10.9 Å². The first kappa shape index (κ1) is 18.4. The Bertz CT molecular complexity index is 1150. The second-order valence-corrected chi connectivity index (χ2v) is 8.79. The van der Waals surface area contributed by atoms with Gasteiger partial charge in [0.1, 0.15) is 5.75 Å². The van der Waals surface area contributed by atoms with Crippen LogP contribution in [0.5, 0.6) is 5.75 Å². The molecule has 0 saturated carbocycles. The highest BCUT2D eigenvalue weighted by Gasteiger charge is 2.28. The molecule has 8 heteroatoms. The van der Waals surface area contributed by atoms with Crippen molar-refractivity contribution in [2.45, 2.75) is 6.42 Å². The molecule has 2 heterocycles. The van der Waals surface area contributed by atoms with Gasteiger partial charge in [-0.3, -0.25) is 9.10 Å². The molecule has 4 rings (SSSR count). The van der Waals surface area contributed by atoms with Gasteiger partial charge in [-0.25, -0.2) is 8.42 Å². The van der Waals surface area contributed by atoms with Crippen LogP contribution in [0.1, 0.15) is 16.8 Å². The molecule has 0 bridgehead atoms. The van der Waals surface area contributed by atoms with Gasteiger partial charge in [-0.15, -0.1) is 0 Å². The average Bonchev–Trinajstić information content (AvgIpc) is 3.21. The summed E-state index contributed by atoms with van der Waals surface area (Å²) in [6.07, 6.45) is 2.41. The fourth-order valence-corrected chi connectivity index (χ4v) is 5.08. The largest absolute Gasteiger partial charge is 0.497 e. The first-order valence-electron chi connectivity index (χ1n) is 8.94. The van der Waals surface area contributed by atoms with Gasteiger partial charge < -0.3 is 14.6 Å². The summed E-state index contributed by atoms with van der Waals surface area (Å²) in [7, 11) is 0.259. The number of benzene rings is 2. The van der Waals surface area contributed by atoms with E-state index in [1.165, 1.54) is 4.31 Å². The topological polar surface area (TPSA) is 80.6 Å². The van der Waals surface area contributed by atoms with E-state index < -0.39 is 10.0 Å². The van der Waals surface area contributed by atoms with Crippen molar-refractivity contribution < 1.29 is 17.9 Å². The van der Waals surface area contributed by atoms with E-state index in [1.807, 2.05) is 29.8 Å². The fourth-order valence-electron chi connectivity index (χ4n) is 3.52. The molecule has 0 aliphatic carbocycles. The Kier molecular flexibility index (Phi) is 4.50. The molecule has 2 aromatic carbocycles. The number of hydrogen-bond donors (Lipinski definition) is 1. The average molecular weight is 399 g/mol. The molecule has 146 valence electrons. The molecular formula is C20H21N3O4S. The zero-order valence-electron chi connectivity index (χ0n) is 15.7. The smallest absolute Gasteiger partial charge is 0.257 e. The Morgan fingerprint density at radius 2 is 1.89 bits per heavy atom. The molecule has 1 saturated heterocycles. The molecule has 0 radical (unpaired) electrons. The minimum atomic E-state index is -3.22. The van der Waals surface area contributed by atoms with E-state index in [0.29, 0.717) is 35.7 Å². The second-order valence-electron chi connectivity index (χ2n) is 6.78. The summed E-state index contributed by atoms with van der Waals surface area (Å²) in [5.41, 5.74) is 2.69. The number of rotatable bonds is 4. The number of anilines is 2. The van der Waals surface area contributed by atoms with Crippen LogP contribution in [0.2, 0.25) is 0 Å². The predicted octanol–water partition coefficient (Wildman–Crippen LogP) is 2.98. The van der Waals surface area contributed by atoms with Crippen molar-refractivity contribution in [2.24, 2.45) is 7.05 Å². The van der Waals surface area contributed by atoms with Crippen molar-refractivity contribution in [3.05, 3.63) is 54.2 Å². The van der Waals surface area contributed by atoms with Crippen molar-refractivity contribution in [1.82, 2.24) is 4.57 Å². The van der Waals surface area contributed by atoms with E-state index in [2.05, 4.69) is 5.32 Å². The lowest BCUT2D eigenvalue weighted by atomic mass is 10.1. The number of fused-ring (bicyclic) bond motifs is 1. The third-order valence-corrected chi connectivity index (χ3v) is 6.82. The third kappa shape index (κ3) is 3.20. The molecule has 1 aliphatic heterocycles. The van der Waals surface area contributed by atoms with Crippen LogP contribution in [-0.4, -0.2) is 38.3 Å². The van der Waals surface area contributed by atoms with Crippen molar-refractivity contribution in [3.63, 3.8) is 0 Å². The maximum Gasteiger partial charge on any atom is 0.257 e. The first-order valence-corrected chi connectivity index (χ1v) is 10.5.